The Morgan fingerprint density at radius 1 is 1.24 bits per heavy atom. The topological polar surface area (TPSA) is 44.9 Å². The number of nitrogens with two attached hydrogens (primary N) is 1. The minimum absolute atomic E-state index is 0.562. The molecule has 1 atom stereocenters. The third kappa shape index (κ3) is 3.58. The van der Waals surface area contributed by atoms with E-state index in [2.05, 4.69) is 39.9 Å². The van der Waals surface area contributed by atoms with Crippen LogP contribution in [0.25, 0.3) is 0 Å². The monoisotopic (exact) mass is 354 g/mol. The smallest absolute Gasteiger partial charge is 0.141 e. The lowest BCUT2D eigenvalue weighted by Crippen LogP contribution is -2.37. The van der Waals surface area contributed by atoms with Crippen LogP contribution in [0.4, 0.5) is 11.4 Å². The van der Waals surface area contributed by atoms with Gasteiger partial charge in [0.1, 0.15) is 5.84 Å². The molecule has 0 amide bonds. The summed E-state index contributed by atoms with van der Waals surface area (Å²) in [6.07, 6.45) is 3.82. The summed E-state index contributed by atoms with van der Waals surface area (Å²) in [6.45, 7) is 7.16. The van der Waals surface area contributed by atoms with Crippen molar-refractivity contribution in [2.75, 3.05) is 31.1 Å². The molecule has 4 rings (SSSR count). The molecule has 1 saturated heterocycles. The predicted molar refractivity (Wildman–Crippen MR) is 107 cm³/mol. The van der Waals surface area contributed by atoms with E-state index >= 15 is 0 Å². The number of amidine groups is 1. The van der Waals surface area contributed by atoms with Gasteiger partial charge in [0.05, 0.1) is 10.6 Å². The van der Waals surface area contributed by atoms with Crippen LogP contribution in [0.3, 0.4) is 0 Å². The van der Waals surface area contributed by atoms with Crippen molar-refractivity contribution in [3.8, 4) is 0 Å². The number of aliphatic imine (C=N–C) groups is 1. The molecule has 1 fully saturated rings. The Bertz CT molecular complexity index is 747. The SMILES string of the molecule is CC1Cc2cc(N=C(N)c3cccs3)ccc2N1CCN1CCCC1. The average molecular weight is 355 g/mol. The number of anilines is 1. The van der Waals surface area contributed by atoms with Gasteiger partial charge in [-0.1, -0.05) is 6.07 Å². The third-order valence-electron chi connectivity index (χ3n) is 5.30. The van der Waals surface area contributed by atoms with Gasteiger partial charge in [0.25, 0.3) is 0 Å². The summed E-state index contributed by atoms with van der Waals surface area (Å²) in [6, 6.07) is 11.1. The lowest BCUT2D eigenvalue weighted by Gasteiger charge is -2.27. The summed E-state index contributed by atoms with van der Waals surface area (Å²) in [5, 5.41) is 2.03. The first-order chi connectivity index (χ1) is 12.2. The second-order valence-corrected chi connectivity index (χ2v) is 8.03. The number of benzene rings is 1. The largest absolute Gasteiger partial charge is 0.383 e. The second kappa shape index (κ2) is 7.18. The summed E-state index contributed by atoms with van der Waals surface area (Å²) in [5.41, 5.74) is 9.86. The fraction of sp³-hybridized carbons (Fsp3) is 0.450. The molecule has 2 aliphatic heterocycles. The minimum atomic E-state index is 0.562. The van der Waals surface area contributed by atoms with Crippen LogP contribution in [0.1, 0.15) is 30.2 Å². The first kappa shape index (κ1) is 16.6. The number of nitrogens with zero attached hydrogens (tertiary/aromatic N) is 3. The summed E-state index contributed by atoms with van der Waals surface area (Å²) >= 11 is 1.63. The molecule has 25 heavy (non-hydrogen) atoms. The zero-order valence-corrected chi connectivity index (χ0v) is 15.6. The molecule has 0 saturated carbocycles. The van der Waals surface area contributed by atoms with Gasteiger partial charge in [-0.05, 0) is 74.5 Å². The van der Waals surface area contributed by atoms with Crippen LogP contribution >= 0.6 is 11.3 Å². The van der Waals surface area contributed by atoms with Crippen LogP contribution in [0.15, 0.2) is 40.7 Å². The van der Waals surface area contributed by atoms with E-state index in [1.165, 1.54) is 43.7 Å². The second-order valence-electron chi connectivity index (χ2n) is 7.08. The fourth-order valence-electron chi connectivity index (χ4n) is 3.97. The summed E-state index contributed by atoms with van der Waals surface area (Å²) in [5.74, 6) is 0.604. The molecule has 1 aromatic carbocycles. The van der Waals surface area contributed by atoms with Crippen molar-refractivity contribution in [3.63, 3.8) is 0 Å². The molecule has 0 bridgehead atoms. The Morgan fingerprint density at radius 2 is 2.08 bits per heavy atom. The van der Waals surface area contributed by atoms with Crippen molar-refractivity contribution in [2.45, 2.75) is 32.2 Å². The third-order valence-corrected chi connectivity index (χ3v) is 6.19. The minimum Gasteiger partial charge on any atom is -0.383 e. The van der Waals surface area contributed by atoms with Crippen molar-refractivity contribution in [3.05, 3.63) is 46.2 Å². The van der Waals surface area contributed by atoms with Crippen molar-refractivity contribution < 1.29 is 0 Å². The predicted octanol–water partition coefficient (Wildman–Crippen LogP) is 3.63. The molecule has 5 heteroatoms. The molecule has 2 aliphatic rings. The van der Waals surface area contributed by atoms with Crippen LogP contribution in [0.2, 0.25) is 0 Å². The Balaban J connectivity index is 1.49. The standard InChI is InChI=1S/C20H26N4S/c1-15-13-16-14-17(22-20(21)19-5-4-12-25-19)6-7-18(16)24(15)11-10-23-8-2-3-9-23/h4-7,12,14-15H,2-3,8-11,13H2,1H3,(H2,21,22). The highest BCUT2D eigenvalue weighted by molar-refractivity contribution is 7.12. The summed E-state index contributed by atoms with van der Waals surface area (Å²) in [7, 11) is 0. The van der Waals surface area contributed by atoms with Crippen LogP contribution in [-0.4, -0.2) is 43.0 Å². The van der Waals surface area contributed by atoms with Gasteiger partial charge in [-0.3, -0.25) is 0 Å². The molecule has 1 aromatic heterocycles. The first-order valence-corrected chi connectivity index (χ1v) is 10.1. The van der Waals surface area contributed by atoms with Crippen molar-refractivity contribution in [1.29, 1.82) is 0 Å². The van der Waals surface area contributed by atoms with E-state index < -0.39 is 0 Å². The molecule has 2 aromatic rings. The first-order valence-electron chi connectivity index (χ1n) is 9.20. The van der Waals surface area contributed by atoms with E-state index in [0.29, 0.717) is 11.9 Å². The maximum absolute atomic E-state index is 6.13. The Morgan fingerprint density at radius 3 is 2.84 bits per heavy atom. The summed E-state index contributed by atoms with van der Waals surface area (Å²) < 4.78 is 0. The van der Waals surface area contributed by atoms with Crippen molar-refractivity contribution in [2.24, 2.45) is 10.7 Å². The zero-order chi connectivity index (χ0) is 17.2. The van der Waals surface area contributed by atoms with E-state index in [0.717, 1.165) is 23.5 Å². The number of likely N-dealkylation sites (tertiary alicyclic amines) is 1. The Kier molecular flexibility index (Phi) is 4.77. The molecular weight excluding hydrogens is 328 g/mol. The molecule has 0 spiro atoms. The molecule has 0 radical (unpaired) electrons. The number of rotatable bonds is 5. The number of hydrogen-bond donors (Lipinski definition) is 1. The number of hydrogen-bond acceptors (Lipinski definition) is 4. The van der Waals surface area contributed by atoms with Crippen molar-refractivity contribution in [1.82, 2.24) is 4.90 Å². The highest BCUT2D eigenvalue weighted by atomic mass is 32.1. The number of fused-ring (bicyclic) bond motifs is 1. The van der Waals surface area contributed by atoms with Crippen LogP contribution in [0, 0.1) is 0 Å². The molecule has 0 aliphatic carbocycles. The van der Waals surface area contributed by atoms with Gasteiger partial charge in [-0.15, -0.1) is 11.3 Å². The Labute approximate surface area is 154 Å². The Hall–Kier alpha value is -1.85. The van der Waals surface area contributed by atoms with E-state index in [9.17, 15) is 0 Å². The lowest BCUT2D eigenvalue weighted by molar-refractivity contribution is 0.342. The van der Waals surface area contributed by atoms with Gasteiger partial charge >= 0.3 is 0 Å². The van der Waals surface area contributed by atoms with Gasteiger partial charge in [-0.25, -0.2) is 4.99 Å². The average Bonchev–Trinajstić information content (AvgIpc) is 3.34. The highest BCUT2D eigenvalue weighted by Gasteiger charge is 2.26. The van der Waals surface area contributed by atoms with Crippen molar-refractivity contribution >= 4 is 28.5 Å². The summed E-state index contributed by atoms with van der Waals surface area (Å²) in [4.78, 5) is 10.8. The van der Waals surface area contributed by atoms with Crippen LogP contribution < -0.4 is 10.6 Å². The number of thiophene rings is 1. The van der Waals surface area contributed by atoms with E-state index in [1.54, 1.807) is 11.3 Å². The highest BCUT2D eigenvalue weighted by Crippen LogP contribution is 2.34. The molecule has 132 valence electrons. The van der Waals surface area contributed by atoms with E-state index in [1.807, 2.05) is 17.5 Å². The normalized spacial score (nSPS) is 21.1. The maximum atomic E-state index is 6.13. The zero-order valence-electron chi connectivity index (χ0n) is 14.8. The van der Waals surface area contributed by atoms with Crippen LogP contribution in [0.5, 0.6) is 0 Å². The van der Waals surface area contributed by atoms with Gasteiger partial charge in [-0.2, -0.15) is 0 Å². The molecular formula is C20H26N4S. The van der Waals surface area contributed by atoms with Gasteiger partial charge < -0.3 is 15.5 Å². The maximum Gasteiger partial charge on any atom is 0.141 e. The van der Waals surface area contributed by atoms with Gasteiger partial charge in [0, 0.05) is 24.8 Å². The van der Waals surface area contributed by atoms with E-state index in [4.69, 9.17) is 5.73 Å². The fourth-order valence-corrected chi connectivity index (χ4v) is 4.59. The lowest BCUT2D eigenvalue weighted by atomic mass is 10.1. The molecule has 1 unspecified atom stereocenters. The van der Waals surface area contributed by atoms with Gasteiger partial charge in [0.2, 0.25) is 0 Å². The van der Waals surface area contributed by atoms with E-state index in [-0.39, 0.29) is 0 Å². The molecule has 4 nitrogen and oxygen atoms in total. The quantitative estimate of drug-likeness (QED) is 0.659. The molecule has 3 heterocycles. The molecule has 2 N–H and O–H groups in total. The van der Waals surface area contributed by atoms with Crippen LogP contribution in [-0.2, 0) is 6.42 Å². The van der Waals surface area contributed by atoms with Gasteiger partial charge in [0.15, 0.2) is 0 Å².